The predicted octanol–water partition coefficient (Wildman–Crippen LogP) is 4.42. The Morgan fingerprint density at radius 1 is 1.16 bits per heavy atom. The minimum atomic E-state index is -0.0498. The molecule has 2 aliphatic rings. The van der Waals surface area contributed by atoms with Crippen molar-refractivity contribution in [1.29, 1.82) is 0 Å². The van der Waals surface area contributed by atoms with Gasteiger partial charge in [-0.3, -0.25) is 4.98 Å². The Morgan fingerprint density at radius 3 is 2.84 bits per heavy atom. The lowest BCUT2D eigenvalue weighted by Crippen LogP contribution is -2.12. The lowest BCUT2D eigenvalue weighted by molar-refractivity contribution is 0.0515. The second-order valence-corrected chi connectivity index (χ2v) is 7.53. The highest BCUT2D eigenvalue weighted by Crippen LogP contribution is 2.35. The summed E-state index contributed by atoms with van der Waals surface area (Å²) in [5, 5.41) is 3.40. The number of pyridine rings is 1. The number of anilines is 1. The van der Waals surface area contributed by atoms with Gasteiger partial charge in [-0.2, -0.15) is 0 Å². The third-order valence-electron chi connectivity index (χ3n) is 5.38. The molecule has 5 rings (SSSR count). The van der Waals surface area contributed by atoms with Crippen LogP contribution in [0.15, 0.2) is 60.4 Å². The number of rotatable bonds is 5. The fourth-order valence-corrected chi connectivity index (χ4v) is 3.78. The van der Waals surface area contributed by atoms with Gasteiger partial charge in [-0.1, -0.05) is 18.1 Å². The van der Waals surface area contributed by atoms with E-state index < -0.39 is 0 Å². The minimum absolute atomic E-state index is 0.0498. The first-order chi connectivity index (χ1) is 15.2. The van der Waals surface area contributed by atoms with Crippen molar-refractivity contribution in [2.45, 2.75) is 26.0 Å². The zero-order valence-corrected chi connectivity index (χ0v) is 17.2. The molecule has 6 heteroatoms. The van der Waals surface area contributed by atoms with Crippen LogP contribution in [0.4, 0.5) is 5.69 Å². The molecule has 154 valence electrons. The first kappa shape index (κ1) is 19.2. The molecule has 1 aliphatic heterocycles. The molecule has 6 nitrogen and oxygen atoms in total. The van der Waals surface area contributed by atoms with E-state index in [2.05, 4.69) is 22.3 Å². The van der Waals surface area contributed by atoms with Gasteiger partial charge in [0.05, 0.1) is 23.6 Å². The van der Waals surface area contributed by atoms with E-state index in [-0.39, 0.29) is 6.10 Å². The van der Waals surface area contributed by atoms with E-state index in [0.717, 1.165) is 57.6 Å². The number of nitrogens with one attached hydrogen (secondary N) is 2. The number of aromatic nitrogens is 3. The molecule has 1 unspecified atom stereocenters. The monoisotopic (exact) mass is 410 g/mol. The van der Waals surface area contributed by atoms with Crippen LogP contribution in [-0.4, -0.2) is 27.8 Å². The highest BCUT2D eigenvalue weighted by atomic mass is 16.7. The van der Waals surface area contributed by atoms with Crippen LogP contribution in [0.1, 0.15) is 29.2 Å². The molecular weight excluding hydrogens is 388 g/mol. The molecule has 31 heavy (non-hydrogen) atoms. The van der Waals surface area contributed by atoms with Crippen LogP contribution >= 0.6 is 0 Å². The third-order valence-corrected chi connectivity index (χ3v) is 5.38. The molecule has 1 aromatic carbocycles. The second kappa shape index (κ2) is 8.13. The predicted molar refractivity (Wildman–Crippen MR) is 120 cm³/mol. The number of allylic oxidation sites excluding steroid dienone is 2. The summed E-state index contributed by atoms with van der Waals surface area (Å²) >= 11 is 0. The highest BCUT2D eigenvalue weighted by Gasteiger charge is 2.29. The lowest BCUT2D eigenvalue weighted by Gasteiger charge is -2.15. The SMILES string of the molecule is C#Cc1ccc(NCc2nc(C3=CC=C4OCOC4C3)c(-c3cccc(C)n3)[nH]2)cc1. The minimum Gasteiger partial charge on any atom is -0.469 e. The van der Waals surface area contributed by atoms with Gasteiger partial charge >= 0.3 is 0 Å². The van der Waals surface area contributed by atoms with Gasteiger partial charge in [0.25, 0.3) is 0 Å². The molecule has 1 aliphatic carbocycles. The molecule has 1 fully saturated rings. The molecule has 2 N–H and O–H groups in total. The summed E-state index contributed by atoms with van der Waals surface area (Å²) < 4.78 is 11.2. The summed E-state index contributed by atoms with van der Waals surface area (Å²) in [6, 6.07) is 13.8. The van der Waals surface area contributed by atoms with E-state index in [9.17, 15) is 0 Å². The Balaban J connectivity index is 1.46. The van der Waals surface area contributed by atoms with E-state index in [4.69, 9.17) is 25.9 Å². The Kier molecular flexibility index (Phi) is 5.03. The molecular formula is C25H22N4O2. The number of ether oxygens (including phenoxy) is 2. The van der Waals surface area contributed by atoms with E-state index in [1.165, 1.54) is 0 Å². The maximum atomic E-state index is 5.69. The first-order valence-electron chi connectivity index (χ1n) is 10.2. The number of fused-ring (bicyclic) bond motifs is 1. The van der Waals surface area contributed by atoms with Gasteiger partial charge in [0, 0.05) is 23.4 Å². The molecule has 0 saturated carbocycles. The Bertz CT molecular complexity index is 1220. The van der Waals surface area contributed by atoms with E-state index in [1.807, 2.05) is 55.5 Å². The van der Waals surface area contributed by atoms with Crippen LogP contribution in [0.5, 0.6) is 0 Å². The number of nitrogens with zero attached hydrogens (tertiary/aromatic N) is 2. The van der Waals surface area contributed by atoms with Gasteiger partial charge in [-0.05, 0) is 55.0 Å². The van der Waals surface area contributed by atoms with Crippen molar-refractivity contribution in [2.75, 3.05) is 12.1 Å². The van der Waals surface area contributed by atoms with Crippen molar-refractivity contribution in [3.63, 3.8) is 0 Å². The number of aryl methyl sites for hydroxylation is 1. The summed E-state index contributed by atoms with van der Waals surface area (Å²) in [5.74, 6) is 4.34. The normalized spacial score (nSPS) is 17.2. The smallest absolute Gasteiger partial charge is 0.189 e. The van der Waals surface area contributed by atoms with Crippen LogP contribution in [0.25, 0.3) is 17.0 Å². The number of H-pyrrole nitrogens is 1. The summed E-state index contributed by atoms with van der Waals surface area (Å²) in [4.78, 5) is 13.1. The Labute approximate surface area is 181 Å². The summed E-state index contributed by atoms with van der Waals surface area (Å²) in [7, 11) is 0. The number of hydrogen-bond acceptors (Lipinski definition) is 5. The second-order valence-electron chi connectivity index (χ2n) is 7.53. The lowest BCUT2D eigenvalue weighted by atomic mass is 9.97. The molecule has 1 atom stereocenters. The number of benzene rings is 1. The van der Waals surface area contributed by atoms with Crippen LogP contribution in [-0.2, 0) is 16.0 Å². The summed E-state index contributed by atoms with van der Waals surface area (Å²) in [5.41, 5.74) is 6.55. The van der Waals surface area contributed by atoms with E-state index >= 15 is 0 Å². The average Bonchev–Trinajstić information content (AvgIpc) is 3.44. The first-order valence-corrected chi connectivity index (χ1v) is 10.2. The molecule has 0 radical (unpaired) electrons. The van der Waals surface area contributed by atoms with Crippen LogP contribution in [0, 0.1) is 19.3 Å². The molecule has 0 bridgehead atoms. The fourth-order valence-electron chi connectivity index (χ4n) is 3.78. The van der Waals surface area contributed by atoms with Crippen LogP contribution < -0.4 is 5.32 Å². The zero-order chi connectivity index (χ0) is 21.2. The van der Waals surface area contributed by atoms with Gasteiger partial charge in [0.2, 0.25) is 0 Å². The van der Waals surface area contributed by atoms with Crippen molar-refractivity contribution in [3.8, 4) is 23.7 Å². The van der Waals surface area contributed by atoms with Crippen molar-refractivity contribution >= 4 is 11.3 Å². The van der Waals surface area contributed by atoms with E-state index in [1.54, 1.807) is 0 Å². The molecule has 3 aromatic rings. The Morgan fingerprint density at radius 2 is 2.03 bits per heavy atom. The van der Waals surface area contributed by atoms with Gasteiger partial charge in [0.15, 0.2) is 6.79 Å². The molecule has 2 aromatic heterocycles. The van der Waals surface area contributed by atoms with Crippen LogP contribution in [0.3, 0.4) is 0 Å². The summed E-state index contributed by atoms with van der Waals surface area (Å²) in [6.07, 6.45) is 10.1. The molecule has 1 saturated heterocycles. The average molecular weight is 410 g/mol. The number of hydrogen-bond donors (Lipinski definition) is 2. The highest BCUT2D eigenvalue weighted by molar-refractivity contribution is 5.77. The quantitative estimate of drug-likeness (QED) is 0.610. The maximum absolute atomic E-state index is 5.69. The molecule has 0 amide bonds. The topological polar surface area (TPSA) is 72.1 Å². The third kappa shape index (κ3) is 3.96. The fraction of sp³-hybridized carbons (Fsp3) is 0.200. The molecule has 3 heterocycles. The van der Waals surface area contributed by atoms with E-state index in [0.29, 0.717) is 13.3 Å². The van der Waals surface area contributed by atoms with Gasteiger partial charge in [0.1, 0.15) is 17.7 Å². The van der Waals surface area contributed by atoms with Gasteiger partial charge < -0.3 is 19.8 Å². The summed E-state index contributed by atoms with van der Waals surface area (Å²) in [6.45, 7) is 2.84. The van der Waals surface area contributed by atoms with Gasteiger partial charge in [-0.25, -0.2) is 4.98 Å². The van der Waals surface area contributed by atoms with Crippen LogP contribution in [0.2, 0.25) is 0 Å². The number of terminal acetylenes is 1. The van der Waals surface area contributed by atoms with Crippen molar-refractivity contribution in [1.82, 2.24) is 15.0 Å². The standard InChI is InChI=1S/C25H22N4O2/c1-3-17-7-10-19(11-8-17)26-14-23-28-24(18-9-12-21-22(13-18)31-15-30-21)25(29-23)20-6-4-5-16(2)27-20/h1,4-12,22,26H,13-15H2,2H3,(H,28,29). The number of imidazole rings is 1. The van der Waals surface area contributed by atoms with Gasteiger partial charge in [-0.15, -0.1) is 6.42 Å². The van der Waals surface area contributed by atoms with Crippen molar-refractivity contribution < 1.29 is 9.47 Å². The van der Waals surface area contributed by atoms with Crippen molar-refractivity contribution in [2.24, 2.45) is 0 Å². The Hall–Kier alpha value is -3.82. The maximum Gasteiger partial charge on any atom is 0.189 e. The largest absolute Gasteiger partial charge is 0.469 e. The number of aromatic amines is 1. The van der Waals surface area contributed by atoms with Crippen molar-refractivity contribution in [3.05, 3.63) is 83.2 Å². The molecule has 0 spiro atoms. The zero-order valence-electron chi connectivity index (χ0n) is 17.2.